The Kier molecular flexibility index (Phi) is 4.94. The van der Waals surface area contributed by atoms with Crippen LogP contribution in [0.2, 0.25) is 0 Å². The van der Waals surface area contributed by atoms with Crippen LogP contribution in [0.25, 0.3) is 11.0 Å². The van der Waals surface area contributed by atoms with Gasteiger partial charge in [0.25, 0.3) is 0 Å². The SMILES string of the molecule is CCCCc1oc2ccccc2c1C(=O)c1cc(C)c(O)c(I)c1. The van der Waals surface area contributed by atoms with Gasteiger partial charge in [-0.1, -0.05) is 31.5 Å². The maximum absolute atomic E-state index is 13.2. The molecule has 3 aromatic rings. The van der Waals surface area contributed by atoms with Gasteiger partial charge in [0.1, 0.15) is 17.1 Å². The van der Waals surface area contributed by atoms with Crippen molar-refractivity contribution < 1.29 is 14.3 Å². The first kappa shape index (κ1) is 17.0. The van der Waals surface area contributed by atoms with Gasteiger partial charge in [-0.25, -0.2) is 0 Å². The van der Waals surface area contributed by atoms with Crippen LogP contribution in [0.5, 0.6) is 5.75 Å². The summed E-state index contributed by atoms with van der Waals surface area (Å²) in [5.74, 6) is 0.936. The van der Waals surface area contributed by atoms with E-state index in [4.69, 9.17) is 4.42 Å². The van der Waals surface area contributed by atoms with Gasteiger partial charge in [-0.2, -0.15) is 0 Å². The van der Waals surface area contributed by atoms with Crippen molar-refractivity contribution in [1.82, 2.24) is 0 Å². The molecule has 0 amide bonds. The predicted molar refractivity (Wildman–Crippen MR) is 104 cm³/mol. The molecule has 24 heavy (non-hydrogen) atoms. The molecule has 0 bridgehead atoms. The summed E-state index contributed by atoms with van der Waals surface area (Å²) >= 11 is 2.05. The van der Waals surface area contributed by atoms with Crippen molar-refractivity contribution in [2.75, 3.05) is 0 Å². The zero-order valence-corrected chi connectivity index (χ0v) is 15.9. The molecular weight excluding hydrogens is 415 g/mol. The van der Waals surface area contributed by atoms with E-state index in [1.165, 1.54) is 0 Å². The number of furan rings is 1. The molecule has 0 atom stereocenters. The molecule has 1 heterocycles. The molecule has 0 aliphatic heterocycles. The number of rotatable bonds is 5. The molecule has 0 saturated heterocycles. The summed E-state index contributed by atoms with van der Waals surface area (Å²) in [6.45, 7) is 3.93. The standard InChI is InChI=1S/C20H19IO3/c1-3-4-8-17-18(14-7-5-6-9-16(14)24-17)20(23)13-10-12(2)19(22)15(21)11-13/h5-7,9-11,22H,3-4,8H2,1-2H3. The Labute approximate surface area is 154 Å². The molecule has 0 radical (unpaired) electrons. The lowest BCUT2D eigenvalue weighted by atomic mass is 9.97. The smallest absolute Gasteiger partial charge is 0.197 e. The van der Waals surface area contributed by atoms with Gasteiger partial charge in [-0.15, -0.1) is 0 Å². The number of aryl methyl sites for hydroxylation is 2. The minimum absolute atomic E-state index is 0.0490. The Balaban J connectivity index is 2.15. The second kappa shape index (κ2) is 6.97. The van der Waals surface area contributed by atoms with Crippen LogP contribution in [0.15, 0.2) is 40.8 Å². The highest BCUT2D eigenvalue weighted by molar-refractivity contribution is 14.1. The van der Waals surface area contributed by atoms with Crippen molar-refractivity contribution in [3.05, 3.63) is 62.4 Å². The van der Waals surface area contributed by atoms with E-state index in [2.05, 4.69) is 29.5 Å². The average molecular weight is 434 g/mol. The second-order valence-corrected chi connectivity index (χ2v) is 7.11. The van der Waals surface area contributed by atoms with Gasteiger partial charge < -0.3 is 9.52 Å². The number of fused-ring (bicyclic) bond motifs is 1. The minimum atomic E-state index is -0.0490. The maximum atomic E-state index is 13.2. The summed E-state index contributed by atoms with van der Waals surface area (Å²) in [5.41, 5.74) is 2.68. The number of phenols is 1. The Morgan fingerprint density at radius 1 is 1.25 bits per heavy atom. The Bertz CT molecular complexity index is 885. The lowest BCUT2D eigenvalue weighted by Crippen LogP contribution is -2.05. The van der Waals surface area contributed by atoms with Crippen molar-refractivity contribution in [2.45, 2.75) is 33.1 Å². The van der Waals surface area contributed by atoms with Crippen molar-refractivity contribution in [2.24, 2.45) is 0 Å². The molecule has 0 spiro atoms. The van der Waals surface area contributed by atoms with Gasteiger partial charge in [0.2, 0.25) is 0 Å². The summed E-state index contributed by atoms with van der Waals surface area (Å²) in [7, 11) is 0. The normalized spacial score (nSPS) is 11.1. The quantitative estimate of drug-likeness (QED) is 0.419. The molecule has 1 N–H and O–H groups in total. The van der Waals surface area contributed by atoms with E-state index in [1.54, 1.807) is 19.1 Å². The predicted octanol–water partition coefficient (Wildman–Crippen LogP) is 5.63. The van der Waals surface area contributed by atoms with Crippen LogP contribution in [-0.2, 0) is 6.42 Å². The summed E-state index contributed by atoms with van der Waals surface area (Å²) < 4.78 is 6.64. The van der Waals surface area contributed by atoms with Gasteiger partial charge in [-0.3, -0.25) is 4.79 Å². The largest absolute Gasteiger partial charge is 0.507 e. The van der Waals surface area contributed by atoms with Crippen LogP contribution in [0.4, 0.5) is 0 Å². The van der Waals surface area contributed by atoms with Crippen LogP contribution < -0.4 is 0 Å². The first-order valence-electron chi connectivity index (χ1n) is 8.07. The fraction of sp³-hybridized carbons (Fsp3) is 0.250. The number of hydrogen-bond donors (Lipinski definition) is 1. The lowest BCUT2D eigenvalue weighted by Gasteiger charge is -2.07. The topological polar surface area (TPSA) is 50.4 Å². The number of phenolic OH excluding ortho intramolecular Hbond substituents is 1. The van der Waals surface area contributed by atoms with Crippen molar-refractivity contribution >= 4 is 39.3 Å². The summed E-state index contributed by atoms with van der Waals surface area (Å²) in [6, 6.07) is 11.1. The van der Waals surface area contributed by atoms with Gasteiger partial charge in [-0.05, 0) is 59.7 Å². The van der Waals surface area contributed by atoms with E-state index in [0.29, 0.717) is 20.3 Å². The first-order chi connectivity index (χ1) is 11.5. The van der Waals surface area contributed by atoms with E-state index in [1.807, 2.05) is 24.3 Å². The maximum Gasteiger partial charge on any atom is 0.197 e. The fourth-order valence-electron chi connectivity index (χ4n) is 2.87. The van der Waals surface area contributed by atoms with Crippen LogP contribution in [0, 0.1) is 10.5 Å². The third kappa shape index (κ3) is 3.07. The van der Waals surface area contributed by atoms with Crippen molar-refractivity contribution in [3.63, 3.8) is 0 Å². The molecule has 0 fully saturated rings. The second-order valence-electron chi connectivity index (χ2n) is 5.95. The number of para-hydroxylation sites is 1. The lowest BCUT2D eigenvalue weighted by molar-refractivity contribution is 0.103. The number of unbranched alkanes of at least 4 members (excludes halogenated alkanes) is 1. The third-order valence-electron chi connectivity index (χ3n) is 4.17. The number of ketones is 1. The monoisotopic (exact) mass is 434 g/mol. The zero-order chi connectivity index (χ0) is 17.3. The highest BCUT2D eigenvalue weighted by Crippen LogP contribution is 2.32. The van der Waals surface area contributed by atoms with Gasteiger partial charge in [0, 0.05) is 17.4 Å². The van der Waals surface area contributed by atoms with Crippen LogP contribution in [0.1, 0.15) is 47.0 Å². The fourth-order valence-corrected chi connectivity index (χ4v) is 3.63. The van der Waals surface area contributed by atoms with Gasteiger partial charge >= 0.3 is 0 Å². The van der Waals surface area contributed by atoms with Crippen LogP contribution in [-0.4, -0.2) is 10.9 Å². The van der Waals surface area contributed by atoms with Gasteiger partial charge in [0.15, 0.2) is 5.78 Å². The Morgan fingerprint density at radius 3 is 2.71 bits per heavy atom. The van der Waals surface area contributed by atoms with E-state index in [0.717, 1.165) is 36.0 Å². The summed E-state index contributed by atoms with van der Waals surface area (Å²) in [4.78, 5) is 13.2. The number of carbonyl (C=O) groups excluding carboxylic acids is 1. The molecule has 2 aromatic carbocycles. The first-order valence-corrected chi connectivity index (χ1v) is 9.15. The minimum Gasteiger partial charge on any atom is -0.507 e. The molecule has 0 aliphatic carbocycles. The molecule has 4 heteroatoms. The number of hydrogen-bond acceptors (Lipinski definition) is 3. The molecule has 124 valence electrons. The van der Waals surface area contributed by atoms with Crippen molar-refractivity contribution in [1.29, 1.82) is 0 Å². The molecule has 0 aliphatic rings. The molecule has 3 rings (SSSR count). The summed E-state index contributed by atoms with van der Waals surface area (Å²) in [5, 5.41) is 10.8. The number of aromatic hydroxyl groups is 1. The van der Waals surface area contributed by atoms with Crippen LogP contribution in [0.3, 0.4) is 0 Å². The summed E-state index contributed by atoms with van der Waals surface area (Å²) in [6.07, 6.45) is 2.77. The molecule has 1 aromatic heterocycles. The third-order valence-corrected chi connectivity index (χ3v) is 4.99. The molecule has 0 unspecified atom stereocenters. The highest BCUT2D eigenvalue weighted by Gasteiger charge is 2.22. The highest BCUT2D eigenvalue weighted by atomic mass is 127. The average Bonchev–Trinajstić information content (AvgIpc) is 2.95. The van der Waals surface area contributed by atoms with E-state index < -0.39 is 0 Å². The Hall–Kier alpha value is -1.82. The number of benzene rings is 2. The van der Waals surface area contributed by atoms with Crippen molar-refractivity contribution in [3.8, 4) is 5.75 Å². The zero-order valence-electron chi connectivity index (χ0n) is 13.7. The van der Waals surface area contributed by atoms with E-state index in [-0.39, 0.29) is 11.5 Å². The molecule has 0 saturated carbocycles. The Morgan fingerprint density at radius 2 is 2.00 bits per heavy atom. The van der Waals surface area contributed by atoms with E-state index >= 15 is 0 Å². The number of carbonyl (C=O) groups is 1. The number of halogens is 1. The van der Waals surface area contributed by atoms with E-state index in [9.17, 15) is 9.90 Å². The van der Waals surface area contributed by atoms with Gasteiger partial charge in [0.05, 0.1) is 9.13 Å². The van der Waals surface area contributed by atoms with Crippen LogP contribution >= 0.6 is 22.6 Å². The molecular formula is C20H19IO3. The molecule has 3 nitrogen and oxygen atoms in total.